The molecule has 5 nitrogen and oxygen atoms in total. The molecular weight excluding hydrogens is 428 g/mol. The Morgan fingerprint density at radius 1 is 1.52 bits per heavy atom. The number of carbonyl (C=O) groups is 1. The average molecular weight is 445 g/mol. The van der Waals surface area contributed by atoms with E-state index in [9.17, 15) is 9.90 Å². The molecule has 3 rings (SSSR count). The number of ether oxygens (including phenoxy) is 1. The summed E-state index contributed by atoms with van der Waals surface area (Å²) in [5.41, 5.74) is 2.04. The van der Waals surface area contributed by atoms with Gasteiger partial charge < -0.3 is 14.7 Å². The van der Waals surface area contributed by atoms with E-state index < -0.39 is 0 Å². The van der Waals surface area contributed by atoms with Crippen molar-refractivity contribution in [3.8, 4) is 5.75 Å². The largest absolute Gasteiger partial charge is 0.506 e. The number of nitrogens with one attached hydrogen (secondary N) is 1. The third-order valence-electron chi connectivity index (χ3n) is 4.10. The van der Waals surface area contributed by atoms with Crippen LogP contribution in [0, 0.1) is 0 Å². The average Bonchev–Trinajstić information content (AvgIpc) is 2.93. The second-order valence-corrected chi connectivity index (χ2v) is 8.27. The van der Waals surface area contributed by atoms with E-state index >= 15 is 0 Å². The predicted molar refractivity (Wildman–Crippen MR) is 103 cm³/mol. The third kappa shape index (κ3) is 3.74. The van der Waals surface area contributed by atoms with Gasteiger partial charge in [-0.15, -0.1) is 11.3 Å². The molecule has 1 aromatic heterocycles. The molecule has 0 amide bonds. The van der Waals surface area contributed by atoms with Gasteiger partial charge in [0.1, 0.15) is 22.9 Å². The first-order chi connectivity index (χ1) is 11.9. The van der Waals surface area contributed by atoms with Gasteiger partial charge in [0.2, 0.25) is 0 Å². The lowest BCUT2D eigenvalue weighted by Gasteiger charge is -2.19. The van der Waals surface area contributed by atoms with Gasteiger partial charge in [0.25, 0.3) is 0 Å². The van der Waals surface area contributed by atoms with Crippen molar-refractivity contribution < 1.29 is 19.5 Å². The van der Waals surface area contributed by atoms with Crippen LogP contribution in [0.3, 0.4) is 0 Å². The zero-order valence-corrected chi connectivity index (χ0v) is 16.9. The first-order valence-corrected chi connectivity index (χ1v) is 9.65. The summed E-state index contributed by atoms with van der Waals surface area (Å²) in [7, 11) is 3.50. The monoisotopic (exact) mass is 443 g/mol. The van der Waals surface area contributed by atoms with Crippen molar-refractivity contribution in [1.29, 1.82) is 0 Å². The number of benzene rings is 1. The van der Waals surface area contributed by atoms with Gasteiger partial charge in [-0.05, 0) is 33.6 Å². The lowest BCUT2D eigenvalue weighted by atomic mass is 10.0. The van der Waals surface area contributed by atoms with Crippen LogP contribution in [0.15, 0.2) is 21.6 Å². The number of quaternary nitrogens is 1. The summed E-state index contributed by atoms with van der Waals surface area (Å²) >= 11 is 10.8. The van der Waals surface area contributed by atoms with Gasteiger partial charge in [-0.3, -0.25) is 0 Å². The number of phenols is 1. The second-order valence-electron chi connectivity index (χ2n) is 5.89. The Kier molecular flexibility index (Phi) is 5.48. The maximum Gasteiger partial charge on any atom is 0.341 e. The summed E-state index contributed by atoms with van der Waals surface area (Å²) in [4.78, 5) is 19.3. The van der Waals surface area contributed by atoms with E-state index in [1.807, 2.05) is 0 Å². The number of phenolic OH excluding ortho intramolecular Hbond substituents is 1. The maximum atomic E-state index is 12.3. The Balaban J connectivity index is 2.04. The van der Waals surface area contributed by atoms with Crippen LogP contribution in [0.25, 0.3) is 0 Å². The highest BCUT2D eigenvalue weighted by Crippen LogP contribution is 2.38. The first kappa shape index (κ1) is 18.4. The molecule has 2 heterocycles. The minimum absolute atomic E-state index is 0.0539. The van der Waals surface area contributed by atoms with Crippen molar-refractivity contribution in [2.45, 2.75) is 13.0 Å². The fraction of sp³-hybridized carbons (Fsp3) is 0.294. The zero-order valence-electron chi connectivity index (χ0n) is 13.7. The summed E-state index contributed by atoms with van der Waals surface area (Å²) in [6.07, 6.45) is 2.35. The molecule has 1 aliphatic rings. The van der Waals surface area contributed by atoms with Crippen molar-refractivity contribution in [2.75, 3.05) is 20.7 Å². The number of rotatable bonds is 3. The number of aromatic hydroxyl groups is 1. The number of halogens is 2. The lowest BCUT2D eigenvalue weighted by Crippen LogP contribution is -3.08. The summed E-state index contributed by atoms with van der Waals surface area (Å²) < 4.78 is 5.44. The van der Waals surface area contributed by atoms with Crippen molar-refractivity contribution in [1.82, 2.24) is 0 Å². The van der Waals surface area contributed by atoms with E-state index in [1.54, 1.807) is 12.1 Å². The van der Waals surface area contributed by atoms with Crippen molar-refractivity contribution in [2.24, 2.45) is 4.99 Å². The highest BCUT2D eigenvalue weighted by atomic mass is 79.9. The Bertz CT molecular complexity index is 866. The zero-order chi connectivity index (χ0) is 18.1. The molecule has 132 valence electrons. The molecule has 25 heavy (non-hydrogen) atoms. The van der Waals surface area contributed by atoms with Crippen molar-refractivity contribution in [3.63, 3.8) is 0 Å². The number of hydrogen-bond acceptors (Lipinski definition) is 5. The summed E-state index contributed by atoms with van der Waals surface area (Å²) in [6.45, 7) is 1.84. The molecule has 0 radical (unpaired) electrons. The van der Waals surface area contributed by atoms with E-state index in [0.29, 0.717) is 25.6 Å². The van der Waals surface area contributed by atoms with Crippen molar-refractivity contribution in [3.05, 3.63) is 43.2 Å². The van der Waals surface area contributed by atoms with Gasteiger partial charge in [-0.1, -0.05) is 11.6 Å². The Hall–Kier alpha value is -1.41. The number of fused-ring (bicyclic) bond motifs is 1. The SMILES string of the molecule is COC(=O)c1c(/N=C/c2cc(Cl)cc(Br)c2O)sc2c1CC[NH+](C)C2. The van der Waals surface area contributed by atoms with Gasteiger partial charge in [0.05, 0.1) is 30.1 Å². The molecule has 2 aromatic rings. The van der Waals surface area contributed by atoms with Crippen LogP contribution in [0.4, 0.5) is 5.00 Å². The molecule has 0 aliphatic carbocycles. The van der Waals surface area contributed by atoms with Gasteiger partial charge in [0, 0.05) is 23.2 Å². The van der Waals surface area contributed by atoms with E-state index in [2.05, 4.69) is 28.0 Å². The summed E-state index contributed by atoms with van der Waals surface area (Å²) in [5, 5.41) is 11.2. The molecule has 1 atom stereocenters. The normalized spacial score (nSPS) is 16.9. The van der Waals surface area contributed by atoms with E-state index in [0.717, 1.165) is 30.0 Å². The topological polar surface area (TPSA) is 63.3 Å². The molecule has 0 saturated heterocycles. The highest BCUT2D eigenvalue weighted by molar-refractivity contribution is 9.10. The number of likely N-dealkylation sites (N-methyl/N-ethyl adjacent to an activating group) is 1. The molecule has 2 N–H and O–H groups in total. The molecule has 1 unspecified atom stereocenters. The minimum atomic E-state index is -0.374. The summed E-state index contributed by atoms with van der Waals surface area (Å²) in [5.74, 6) is -0.320. The third-order valence-corrected chi connectivity index (χ3v) is 6.07. The van der Waals surface area contributed by atoms with Crippen LogP contribution in [0.1, 0.15) is 26.4 Å². The molecule has 0 saturated carbocycles. The molecule has 1 aliphatic heterocycles. The van der Waals surface area contributed by atoms with E-state index in [-0.39, 0.29) is 11.7 Å². The van der Waals surface area contributed by atoms with Gasteiger partial charge in [-0.25, -0.2) is 9.79 Å². The van der Waals surface area contributed by atoms with Crippen LogP contribution in [0.5, 0.6) is 5.75 Å². The molecule has 0 spiro atoms. The van der Waals surface area contributed by atoms with Crippen molar-refractivity contribution >= 4 is 56.1 Å². The number of esters is 1. The number of methoxy groups -OCH3 is 1. The number of hydrogen-bond donors (Lipinski definition) is 2. The summed E-state index contributed by atoms with van der Waals surface area (Å²) in [6, 6.07) is 3.23. The standard InChI is InChI=1S/C17H16BrClN2O3S/c1-21-4-3-11-13(8-21)25-16(14(11)17(23)24-2)20-7-9-5-10(19)6-12(18)15(9)22/h5-7,22H,3-4,8H2,1-2H3/p+1/b20-7+. The first-order valence-electron chi connectivity index (χ1n) is 7.67. The van der Waals surface area contributed by atoms with Crippen LogP contribution in [-0.4, -0.2) is 38.0 Å². The quantitative estimate of drug-likeness (QED) is 0.565. The Morgan fingerprint density at radius 3 is 3.00 bits per heavy atom. The van der Waals surface area contributed by atoms with Crippen LogP contribution in [0.2, 0.25) is 5.02 Å². The number of nitrogens with zero attached hydrogens (tertiary/aromatic N) is 1. The molecule has 8 heteroatoms. The van der Waals surface area contributed by atoms with Crippen LogP contribution >= 0.6 is 38.9 Å². The molecular formula is C17H17BrClN2O3S+. The number of carbonyl (C=O) groups excluding carboxylic acids is 1. The number of aliphatic imine (C=N–C) groups is 1. The maximum absolute atomic E-state index is 12.3. The fourth-order valence-corrected chi connectivity index (χ4v) is 4.95. The molecule has 0 bridgehead atoms. The van der Waals surface area contributed by atoms with Crippen LogP contribution in [-0.2, 0) is 17.7 Å². The Morgan fingerprint density at radius 2 is 2.28 bits per heavy atom. The second kappa shape index (κ2) is 7.45. The van der Waals surface area contributed by atoms with E-state index in [1.165, 1.54) is 29.6 Å². The van der Waals surface area contributed by atoms with Gasteiger partial charge in [0.15, 0.2) is 0 Å². The fourth-order valence-electron chi connectivity index (χ4n) is 2.82. The minimum Gasteiger partial charge on any atom is -0.506 e. The Labute approximate surface area is 163 Å². The highest BCUT2D eigenvalue weighted by Gasteiger charge is 2.29. The lowest BCUT2D eigenvalue weighted by molar-refractivity contribution is -0.895. The van der Waals surface area contributed by atoms with Crippen LogP contribution < -0.4 is 4.90 Å². The predicted octanol–water partition coefficient (Wildman–Crippen LogP) is 2.98. The van der Waals surface area contributed by atoms with Gasteiger partial charge in [-0.2, -0.15) is 0 Å². The van der Waals surface area contributed by atoms with E-state index in [4.69, 9.17) is 16.3 Å². The molecule has 0 fully saturated rings. The van der Waals surface area contributed by atoms with Gasteiger partial charge >= 0.3 is 5.97 Å². The smallest absolute Gasteiger partial charge is 0.341 e. The molecule has 1 aromatic carbocycles. The number of thiophene rings is 1.